The van der Waals surface area contributed by atoms with Crippen molar-refractivity contribution in [1.29, 1.82) is 0 Å². The lowest BCUT2D eigenvalue weighted by Gasteiger charge is -2.34. The van der Waals surface area contributed by atoms with Crippen molar-refractivity contribution in [2.75, 3.05) is 40.6 Å². The van der Waals surface area contributed by atoms with Gasteiger partial charge in [-0.25, -0.2) is 0 Å². The van der Waals surface area contributed by atoms with Crippen LogP contribution in [0, 0.1) is 17.8 Å². The van der Waals surface area contributed by atoms with Gasteiger partial charge in [0, 0.05) is 56.0 Å². The number of carbonyl (C=O) groups excluding carboxylic acids is 1. The second-order valence-electron chi connectivity index (χ2n) is 9.46. The normalized spacial score (nSPS) is 26.8. The Hall–Kier alpha value is -2.68. The van der Waals surface area contributed by atoms with E-state index in [1.54, 1.807) is 7.11 Å². The highest BCUT2D eigenvalue weighted by Gasteiger charge is 2.56. The number of aromatic nitrogens is 1. The molecule has 182 valence electrons. The minimum Gasteiger partial charge on any atom is -0.496 e. The fourth-order valence-corrected chi connectivity index (χ4v) is 6.20. The van der Waals surface area contributed by atoms with Gasteiger partial charge in [-0.3, -0.25) is 14.5 Å². The Morgan fingerprint density at radius 2 is 1.88 bits per heavy atom. The molecule has 1 aromatic heterocycles. The van der Waals surface area contributed by atoms with E-state index in [1.807, 2.05) is 41.0 Å². The molecule has 8 nitrogen and oxygen atoms in total. The van der Waals surface area contributed by atoms with Crippen molar-refractivity contribution in [3.63, 3.8) is 0 Å². The summed E-state index contributed by atoms with van der Waals surface area (Å²) in [4.78, 5) is 28.7. The number of nitrogens with zero attached hydrogens (tertiary/aromatic N) is 2. The van der Waals surface area contributed by atoms with Crippen LogP contribution in [0.1, 0.15) is 24.6 Å². The third kappa shape index (κ3) is 3.74. The zero-order valence-corrected chi connectivity index (χ0v) is 19.7. The molecule has 1 aromatic carbocycles. The molecule has 3 aliphatic rings. The number of fused-ring (bicyclic) bond motifs is 3. The van der Waals surface area contributed by atoms with Crippen LogP contribution in [0.3, 0.4) is 0 Å². The van der Waals surface area contributed by atoms with Gasteiger partial charge >= 0.3 is 5.97 Å². The SMILES string of the molecule is COC(=O)[C@H]1[C@H](CO)[C@H]2Cn3c(ccc(-c4ccccc4OC)c3=O)[C@H]2N1CC1CCOCC1. The third-order valence-corrected chi connectivity index (χ3v) is 7.84. The highest BCUT2D eigenvalue weighted by molar-refractivity contribution is 5.77. The van der Waals surface area contributed by atoms with Gasteiger partial charge in [-0.2, -0.15) is 0 Å². The summed E-state index contributed by atoms with van der Waals surface area (Å²) < 4.78 is 18.0. The molecule has 5 rings (SSSR count). The van der Waals surface area contributed by atoms with Crippen LogP contribution in [0.5, 0.6) is 5.75 Å². The highest BCUT2D eigenvalue weighted by Crippen LogP contribution is 2.50. The van der Waals surface area contributed by atoms with E-state index in [0.717, 1.165) is 37.3 Å². The Bertz CT molecular complexity index is 1110. The average Bonchev–Trinajstić information content (AvgIpc) is 3.40. The number of hydrogen-bond acceptors (Lipinski definition) is 7. The molecule has 1 N–H and O–H groups in total. The molecular formula is C26H32N2O6. The number of carbonyl (C=O) groups is 1. The molecule has 0 aliphatic carbocycles. The van der Waals surface area contributed by atoms with Gasteiger partial charge in [0.15, 0.2) is 0 Å². The van der Waals surface area contributed by atoms with E-state index in [-0.39, 0.29) is 36.0 Å². The number of aliphatic hydroxyl groups excluding tert-OH is 1. The van der Waals surface area contributed by atoms with E-state index >= 15 is 0 Å². The van der Waals surface area contributed by atoms with E-state index in [2.05, 4.69) is 4.90 Å². The van der Waals surface area contributed by atoms with Crippen LogP contribution in [-0.4, -0.2) is 67.2 Å². The molecule has 2 aromatic rings. The third-order valence-electron chi connectivity index (χ3n) is 7.84. The maximum atomic E-state index is 13.6. The van der Waals surface area contributed by atoms with E-state index in [0.29, 0.717) is 30.3 Å². The lowest BCUT2D eigenvalue weighted by molar-refractivity contribution is -0.148. The second kappa shape index (κ2) is 9.52. The molecule has 0 bridgehead atoms. The molecule has 4 heterocycles. The van der Waals surface area contributed by atoms with Crippen molar-refractivity contribution in [3.8, 4) is 16.9 Å². The van der Waals surface area contributed by atoms with Crippen molar-refractivity contribution in [2.24, 2.45) is 17.8 Å². The summed E-state index contributed by atoms with van der Waals surface area (Å²) in [6.07, 6.45) is 1.87. The molecule has 0 saturated carbocycles. The fraction of sp³-hybridized carbons (Fsp3) is 0.538. The second-order valence-corrected chi connectivity index (χ2v) is 9.46. The Morgan fingerprint density at radius 1 is 1.12 bits per heavy atom. The molecule has 3 aliphatic heterocycles. The molecule has 8 heteroatoms. The molecule has 0 radical (unpaired) electrons. The maximum Gasteiger partial charge on any atom is 0.323 e. The number of likely N-dealkylation sites (tertiary alicyclic amines) is 1. The van der Waals surface area contributed by atoms with Gasteiger partial charge in [-0.1, -0.05) is 18.2 Å². The Kier molecular flexibility index (Phi) is 6.46. The monoisotopic (exact) mass is 468 g/mol. The molecule has 2 saturated heterocycles. The van der Waals surface area contributed by atoms with Gasteiger partial charge in [0.1, 0.15) is 11.8 Å². The number of aliphatic hydroxyl groups is 1. The topological polar surface area (TPSA) is 90.2 Å². The van der Waals surface area contributed by atoms with Crippen LogP contribution in [0.15, 0.2) is 41.2 Å². The Labute approximate surface area is 199 Å². The van der Waals surface area contributed by atoms with Crippen LogP contribution in [0.4, 0.5) is 0 Å². The van der Waals surface area contributed by atoms with Crippen LogP contribution >= 0.6 is 0 Å². The van der Waals surface area contributed by atoms with Crippen molar-refractivity contribution >= 4 is 5.97 Å². The fourth-order valence-electron chi connectivity index (χ4n) is 6.20. The van der Waals surface area contributed by atoms with Gasteiger partial charge in [0.05, 0.1) is 25.8 Å². The summed E-state index contributed by atoms with van der Waals surface area (Å²) in [6.45, 7) is 2.48. The standard InChI is InChI=1S/C26H32N2O6/c1-32-22-6-4-3-5-17(22)18-7-8-21-23-19(14-27(21)25(18)30)20(15-29)24(26(31)33-2)28(23)13-16-9-11-34-12-10-16/h3-8,16,19-20,23-24,29H,9-15H2,1-2H3/t19-,20-,23+,24-/m1/s1. The molecule has 34 heavy (non-hydrogen) atoms. The highest BCUT2D eigenvalue weighted by atomic mass is 16.5. The smallest absolute Gasteiger partial charge is 0.323 e. The molecule has 0 spiro atoms. The van der Waals surface area contributed by atoms with E-state index in [9.17, 15) is 14.7 Å². The number of para-hydroxylation sites is 1. The molecular weight excluding hydrogens is 436 g/mol. The Balaban J connectivity index is 1.56. The first-order valence-electron chi connectivity index (χ1n) is 12.0. The summed E-state index contributed by atoms with van der Waals surface area (Å²) >= 11 is 0. The predicted molar refractivity (Wildman–Crippen MR) is 126 cm³/mol. The van der Waals surface area contributed by atoms with Gasteiger partial charge in [-0.05, 0) is 37.0 Å². The molecule has 2 fully saturated rings. The first kappa shape index (κ1) is 23.1. The van der Waals surface area contributed by atoms with Crippen LogP contribution in [-0.2, 0) is 20.8 Å². The molecule has 0 unspecified atom stereocenters. The largest absolute Gasteiger partial charge is 0.496 e. The minimum absolute atomic E-state index is 0.0467. The number of benzene rings is 1. The van der Waals surface area contributed by atoms with Gasteiger partial charge in [0.25, 0.3) is 5.56 Å². The van der Waals surface area contributed by atoms with Crippen molar-refractivity contribution in [1.82, 2.24) is 9.47 Å². The molecule has 0 amide bonds. The van der Waals surface area contributed by atoms with E-state index < -0.39 is 6.04 Å². The number of ether oxygens (including phenoxy) is 3. The van der Waals surface area contributed by atoms with Crippen molar-refractivity contribution in [2.45, 2.75) is 31.5 Å². The van der Waals surface area contributed by atoms with Crippen LogP contribution in [0.2, 0.25) is 0 Å². The summed E-state index contributed by atoms with van der Waals surface area (Å²) in [5, 5.41) is 10.3. The lowest BCUT2D eigenvalue weighted by atomic mass is 9.88. The maximum absolute atomic E-state index is 13.6. The number of rotatable bonds is 6. The van der Waals surface area contributed by atoms with Gasteiger partial charge in [-0.15, -0.1) is 0 Å². The quantitative estimate of drug-likeness (QED) is 0.650. The first-order chi connectivity index (χ1) is 16.6. The first-order valence-corrected chi connectivity index (χ1v) is 12.0. The number of esters is 1. The zero-order chi connectivity index (χ0) is 23.8. The van der Waals surface area contributed by atoms with E-state index in [4.69, 9.17) is 14.2 Å². The number of methoxy groups -OCH3 is 2. The Morgan fingerprint density at radius 3 is 2.59 bits per heavy atom. The summed E-state index contributed by atoms with van der Waals surface area (Å²) in [5.74, 6) is 0.381. The molecule has 4 atom stereocenters. The number of pyridine rings is 1. The van der Waals surface area contributed by atoms with E-state index in [1.165, 1.54) is 7.11 Å². The van der Waals surface area contributed by atoms with Gasteiger partial charge < -0.3 is 23.9 Å². The van der Waals surface area contributed by atoms with Crippen molar-refractivity contribution < 1.29 is 24.1 Å². The van der Waals surface area contributed by atoms with Crippen LogP contribution in [0.25, 0.3) is 11.1 Å². The van der Waals surface area contributed by atoms with Crippen molar-refractivity contribution in [3.05, 3.63) is 52.4 Å². The summed E-state index contributed by atoms with van der Waals surface area (Å²) in [6, 6.07) is 10.7. The minimum atomic E-state index is -0.523. The summed E-state index contributed by atoms with van der Waals surface area (Å²) in [5.41, 5.74) is 2.16. The number of hydrogen-bond donors (Lipinski definition) is 1. The van der Waals surface area contributed by atoms with Crippen LogP contribution < -0.4 is 10.3 Å². The zero-order valence-electron chi connectivity index (χ0n) is 19.7. The predicted octanol–water partition coefficient (Wildman–Crippen LogP) is 2.09. The van der Waals surface area contributed by atoms with Gasteiger partial charge in [0.2, 0.25) is 0 Å². The summed E-state index contributed by atoms with van der Waals surface area (Å²) in [7, 11) is 3.00. The average molecular weight is 469 g/mol. The lowest BCUT2D eigenvalue weighted by Crippen LogP contribution is -2.46.